The maximum atomic E-state index is 13.3. The van der Waals surface area contributed by atoms with E-state index in [0.29, 0.717) is 41.7 Å². The molecule has 0 N–H and O–H groups in total. The number of likely N-dealkylation sites (N-methyl/N-ethyl adjacent to an activating group) is 1. The van der Waals surface area contributed by atoms with Crippen molar-refractivity contribution in [3.05, 3.63) is 58.6 Å². The first-order valence-corrected chi connectivity index (χ1v) is 11.4. The Bertz CT molecular complexity index is 1130. The molecule has 0 saturated carbocycles. The van der Waals surface area contributed by atoms with E-state index in [1.54, 1.807) is 61.5 Å². The molecule has 1 amide bonds. The Morgan fingerprint density at radius 2 is 2.07 bits per heavy atom. The molecule has 9 heteroatoms. The summed E-state index contributed by atoms with van der Waals surface area (Å²) in [6, 6.07) is 11.5. The number of nitrogens with zero attached hydrogens (tertiary/aromatic N) is 3. The summed E-state index contributed by atoms with van der Waals surface area (Å²) in [6.07, 6.45) is 1.42. The standard InChI is InChI=1S/C21H22ClN3O4S/c1-24(13-14-12-15(22)9-10-18(14)29-2)21(26)17-7-5-11-25(17)20-16-6-3-4-8-19(16)30(27,28)23-20/h3-4,6,8-10,12,17H,5,7,11,13H2,1-2H3/t17-/m0/s1. The molecule has 158 valence electrons. The van der Waals surface area contributed by atoms with Gasteiger partial charge < -0.3 is 14.5 Å². The summed E-state index contributed by atoms with van der Waals surface area (Å²) in [5, 5.41) is 0.566. The van der Waals surface area contributed by atoms with Gasteiger partial charge in [0.25, 0.3) is 10.0 Å². The van der Waals surface area contributed by atoms with Crippen molar-refractivity contribution < 1.29 is 17.9 Å². The van der Waals surface area contributed by atoms with Crippen LogP contribution < -0.4 is 4.74 Å². The number of sulfonamides is 1. The van der Waals surface area contributed by atoms with Crippen LogP contribution in [-0.4, -0.2) is 56.7 Å². The Hall–Kier alpha value is -2.58. The van der Waals surface area contributed by atoms with Gasteiger partial charge in [0.2, 0.25) is 5.91 Å². The molecule has 0 unspecified atom stereocenters. The fourth-order valence-electron chi connectivity index (χ4n) is 4.03. The van der Waals surface area contributed by atoms with Crippen LogP contribution in [0.5, 0.6) is 5.75 Å². The minimum Gasteiger partial charge on any atom is -0.496 e. The van der Waals surface area contributed by atoms with Crippen molar-refractivity contribution in [2.45, 2.75) is 30.3 Å². The monoisotopic (exact) mass is 447 g/mol. The van der Waals surface area contributed by atoms with E-state index >= 15 is 0 Å². The number of hydrogen-bond donors (Lipinski definition) is 0. The number of likely N-dealkylation sites (tertiary alicyclic amines) is 1. The molecule has 0 aromatic heterocycles. The molecule has 2 aliphatic rings. The number of carbonyl (C=O) groups excluding carboxylic acids is 1. The van der Waals surface area contributed by atoms with Crippen molar-refractivity contribution >= 4 is 33.4 Å². The van der Waals surface area contributed by atoms with Gasteiger partial charge >= 0.3 is 0 Å². The highest BCUT2D eigenvalue weighted by Gasteiger charge is 2.40. The molecule has 1 atom stereocenters. The average molecular weight is 448 g/mol. The normalized spacial score (nSPS) is 19.4. The van der Waals surface area contributed by atoms with E-state index in [2.05, 4.69) is 4.40 Å². The molecule has 7 nitrogen and oxygen atoms in total. The molecule has 1 fully saturated rings. The zero-order valence-corrected chi connectivity index (χ0v) is 18.3. The zero-order valence-electron chi connectivity index (χ0n) is 16.7. The number of fused-ring (bicyclic) bond motifs is 1. The summed E-state index contributed by atoms with van der Waals surface area (Å²) in [5.41, 5.74) is 1.35. The highest BCUT2D eigenvalue weighted by molar-refractivity contribution is 7.90. The van der Waals surface area contributed by atoms with Crippen LogP contribution in [0, 0.1) is 0 Å². The Kier molecular flexibility index (Phi) is 5.46. The number of amidine groups is 1. The fourth-order valence-corrected chi connectivity index (χ4v) is 5.44. The van der Waals surface area contributed by atoms with Crippen molar-refractivity contribution in [1.82, 2.24) is 9.80 Å². The fraction of sp³-hybridized carbons (Fsp3) is 0.333. The van der Waals surface area contributed by atoms with Crippen LogP contribution in [0.25, 0.3) is 0 Å². The van der Waals surface area contributed by atoms with Crippen molar-refractivity contribution in [2.75, 3.05) is 20.7 Å². The van der Waals surface area contributed by atoms with Crippen LogP contribution in [0.3, 0.4) is 0 Å². The smallest absolute Gasteiger partial charge is 0.285 e. The van der Waals surface area contributed by atoms with Crippen LogP contribution >= 0.6 is 11.6 Å². The third-order valence-corrected chi connectivity index (χ3v) is 7.01. The predicted octanol–water partition coefficient (Wildman–Crippen LogP) is 2.92. The van der Waals surface area contributed by atoms with Crippen molar-refractivity contribution in [3.8, 4) is 5.75 Å². The van der Waals surface area contributed by atoms with E-state index in [1.807, 2.05) is 4.90 Å². The number of rotatable bonds is 4. The number of carbonyl (C=O) groups is 1. The number of hydrogen-bond acceptors (Lipinski definition) is 5. The third-order valence-electron chi connectivity index (χ3n) is 5.45. The van der Waals surface area contributed by atoms with Gasteiger partial charge in [-0.25, -0.2) is 0 Å². The van der Waals surface area contributed by atoms with E-state index in [-0.39, 0.29) is 10.8 Å². The lowest BCUT2D eigenvalue weighted by atomic mass is 10.1. The van der Waals surface area contributed by atoms with E-state index in [9.17, 15) is 13.2 Å². The molecule has 30 heavy (non-hydrogen) atoms. The summed E-state index contributed by atoms with van der Waals surface area (Å²) < 4.78 is 34.2. The molecule has 0 bridgehead atoms. The average Bonchev–Trinajstić information content (AvgIpc) is 3.30. The van der Waals surface area contributed by atoms with Gasteiger partial charge in [-0.3, -0.25) is 4.79 Å². The van der Waals surface area contributed by atoms with Crippen LogP contribution in [0.15, 0.2) is 51.8 Å². The van der Waals surface area contributed by atoms with Crippen LogP contribution in [0.4, 0.5) is 0 Å². The Labute approximate surface area is 181 Å². The van der Waals surface area contributed by atoms with Crippen molar-refractivity contribution in [3.63, 3.8) is 0 Å². The summed E-state index contributed by atoms with van der Waals surface area (Å²) >= 11 is 6.11. The largest absolute Gasteiger partial charge is 0.496 e. The topological polar surface area (TPSA) is 79.3 Å². The first kappa shape index (κ1) is 20.7. The SMILES string of the molecule is COc1ccc(Cl)cc1CN(C)C(=O)[C@@H]1CCCN1C1=NS(=O)(=O)c2ccccc21. The number of ether oxygens (including phenoxy) is 1. The van der Waals surface area contributed by atoms with Crippen LogP contribution in [0.1, 0.15) is 24.0 Å². The molecule has 0 spiro atoms. The maximum absolute atomic E-state index is 13.3. The second kappa shape index (κ2) is 7.92. The Morgan fingerprint density at radius 3 is 2.83 bits per heavy atom. The molecule has 2 aliphatic heterocycles. The zero-order chi connectivity index (χ0) is 21.5. The highest BCUT2D eigenvalue weighted by atomic mass is 35.5. The third kappa shape index (κ3) is 3.65. The molecule has 2 aromatic rings. The summed E-state index contributed by atoms with van der Waals surface area (Å²) in [4.78, 5) is 16.9. The molecule has 4 rings (SSSR count). The lowest BCUT2D eigenvalue weighted by Gasteiger charge is -2.29. The second-order valence-electron chi connectivity index (χ2n) is 7.39. The maximum Gasteiger partial charge on any atom is 0.285 e. The van der Waals surface area contributed by atoms with E-state index < -0.39 is 16.1 Å². The number of halogens is 1. The van der Waals surface area contributed by atoms with Gasteiger partial charge in [-0.1, -0.05) is 23.7 Å². The van der Waals surface area contributed by atoms with Crippen molar-refractivity contribution in [1.29, 1.82) is 0 Å². The van der Waals surface area contributed by atoms with Crippen LogP contribution in [0.2, 0.25) is 5.02 Å². The Balaban J connectivity index is 1.59. The lowest BCUT2D eigenvalue weighted by molar-refractivity contribution is -0.134. The molecule has 2 aromatic carbocycles. The molecule has 2 heterocycles. The van der Waals surface area contributed by atoms with E-state index in [4.69, 9.17) is 16.3 Å². The minimum absolute atomic E-state index is 0.0981. The Morgan fingerprint density at radius 1 is 1.30 bits per heavy atom. The first-order valence-electron chi connectivity index (χ1n) is 9.60. The van der Waals surface area contributed by atoms with Crippen molar-refractivity contribution in [2.24, 2.45) is 4.40 Å². The minimum atomic E-state index is -3.73. The van der Waals surface area contributed by atoms with Gasteiger partial charge in [0.05, 0.1) is 7.11 Å². The first-order chi connectivity index (χ1) is 14.3. The molecule has 0 radical (unpaired) electrons. The molecular formula is C21H22ClN3O4S. The number of amides is 1. The molecular weight excluding hydrogens is 426 g/mol. The number of methoxy groups -OCH3 is 1. The van der Waals surface area contributed by atoms with Crippen LogP contribution in [-0.2, 0) is 21.4 Å². The van der Waals surface area contributed by atoms with E-state index in [1.165, 1.54) is 0 Å². The van der Waals surface area contributed by atoms with Gasteiger partial charge in [-0.05, 0) is 43.2 Å². The summed E-state index contributed by atoms with van der Waals surface area (Å²) in [5.74, 6) is 0.914. The van der Waals surface area contributed by atoms with E-state index in [0.717, 1.165) is 12.0 Å². The quantitative estimate of drug-likeness (QED) is 0.720. The van der Waals surface area contributed by atoms with Gasteiger partial charge in [-0.2, -0.15) is 8.42 Å². The molecule has 1 saturated heterocycles. The molecule has 0 aliphatic carbocycles. The highest BCUT2D eigenvalue weighted by Crippen LogP contribution is 2.32. The van der Waals surface area contributed by atoms with Gasteiger partial charge in [-0.15, -0.1) is 4.40 Å². The van der Waals surface area contributed by atoms with Gasteiger partial charge in [0.1, 0.15) is 16.7 Å². The summed E-state index contributed by atoms with van der Waals surface area (Å²) in [7, 11) is -0.438. The second-order valence-corrected chi connectivity index (χ2v) is 9.40. The number of benzene rings is 2. The summed E-state index contributed by atoms with van der Waals surface area (Å²) in [6.45, 7) is 0.904. The van der Waals surface area contributed by atoms with Gasteiger partial charge in [0, 0.05) is 36.3 Å². The van der Waals surface area contributed by atoms with Gasteiger partial charge in [0.15, 0.2) is 5.84 Å². The predicted molar refractivity (Wildman–Crippen MR) is 114 cm³/mol. The lowest BCUT2D eigenvalue weighted by Crippen LogP contribution is -2.46.